The highest BCUT2D eigenvalue weighted by Gasteiger charge is 2.19. The lowest BCUT2D eigenvalue weighted by Gasteiger charge is -2.09. The van der Waals surface area contributed by atoms with E-state index in [1.54, 1.807) is 12.1 Å². The third-order valence-electron chi connectivity index (χ3n) is 2.83. The highest BCUT2D eigenvalue weighted by Crippen LogP contribution is 2.19. The number of carboxylic acids is 2. The zero-order valence-corrected chi connectivity index (χ0v) is 10.0. The first kappa shape index (κ1) is 12.8. The number of hydrogen-bond donors (Lipinski definition) is 2. The quantitative estimate of drug-likeness (QED) is 0.881. The molecule has 0 aliphatic carbocycles. The van der Waals surface area contributed by atoms with Crippen LogP contribution in [0.2, 0.25) is 0 Å². The molecule has 2 N–H and O–H groups in total. The first-order valence-corrected chi connectivity index (χ1v) is 5.72. The average Bonchev–Trinajstić information content (AvgIpc) is 2.39. The first-order chi connectivity index (χ1) is 9.09. The van der Waals surface area contributed by atoms with Crippen LogP contribution in [0.4, 0.5) is 0 Å². The van der Waals surface area contributed by atoms with E-state index in [0.717, 1.165) is 5.56 Å². The van der Waals surface area contributed by atoms with E-state index in [1.807, 2.05) is 30.3 Å². The average molecular weight is 256 g/mol. The first-order valence-electron chi connectivity index (χ1n) is 5.72. The van der Waals surface area contributed by atoms with Gasteiger partial charge in [-0.15, -0.1) is 0 Å². The summed E-state index contributed by atoms with van der Waals surface area (Å²) >= 11 is 0. The molecule has 0 radical (unpaired) electrons. The van der Waals surface area contributed by atoms with E-state index in [-0.39, 0.29) is 11.1 Å². The van der Waals surface area contributed by atoms with Crippen molar-refractivity contribution in [1.82, 2.24) is 0 Å². The Morgan fingerprint density at radius 2 is 1.53 bits per heavy atom. The van der Waals surface area contributed by atoms with Crippen LogP contribution in [0.25, 0.3) is 0 Å². The fourth-order valence-electron chi connectivity index (χ4n) is 1.99. The van der Waals surface area contributed by atoms with Crippen molar-refractivity contribution in [2.75, 3.05) is 0 Å². The lowest BCUT2D eigenvalue weighted by atomic mass is 9.96. The summed E-state index contributed by atoms with van der Waals surface area (Å²) in [5, 5.41) is 18.3. The molecule has 0 saturated carbocycles. The molecule has 19 heavy (non-hydrogen) atoms. The van der Waals surface area contributed by atoms with Gasteiger partial charge in [-0.1, -0.05) is 42.5 Å². The van der Waals surface area contributed by atoms with Crippen LogP contribution in [0.15, 0.2) is 48.5 Å². The molecule has 0 atom stereocenters. The standard InChI is InChI=1S/C15H12O4/c16-14(17)12-8-4-7-11(13(12)15(18)19)9-10-5-2-1-3-6-10/h1-8H,9H2,(H,16,17)(H,18,19). The van der Waals surface area contributed by atoms with Crippen LogP contribution in [0.1, 0.15) is 31.8 Å². The lowest BCUT2D eigenvalue weighted by Crippen LogP contribution is -2.11. The number of benzene rings is 2. The molecular formula is C15H12O4. The molecule has 96 valence electrons. The highest BCUT2D eigenvalue weighted by atomic mass is 16.4. The summed E-state index contributed by atoms with van der Waals surface area (Å²) in [7, 11) is 0. The summed E-state index contributed by atoms with van der Waals surface area (Å²) in [5.74, 6) is -2.45. The highest BCUT2D eigenvalue weighted by molar-refractivity contribution is 6.02. The maximum Gasteiger partial charge on any atom is 0.336 e. The molecule has 4 nitrogen and oxygen atoms in total. The molecule has 2 aromatic rings. The zero-order valence-electron chi connectivity index (χ0n) is 10.0. The SMILES string of the molecule is O=C(O)c1cccc(Cc2ccccc2)c1C(=O)O. The maximum absolute atomic E-state index is 11.3. The summed E-state index contributed by atoms with van der Waals surface area (Å²) < 4.78 is 0. The van der Waals surface area contributed by atoms with Gasteiger partial charge in [-0.3, -0.25) is 0 Å². The van der Waals surface area contributed by atoms with Crippen LogP contribution in [0.3, 0.4) is 0 Å². The Bertz CT molecular complexity index is 617. The summed E-state index contributed by atoms with van der Waals surface area (Å²) in [5.41, 5.74) is 1.12. The van der Waals surface area contributed by atoms with Crippen molar-refractivity contribution in [3.05, 3.63) is 70.8 Å². The number of carbonyl (C=O) groups is 2. The second kappa shape index (κ2) is 5.35. The number of rotatable bonds is 4. The Morgan fingerprint density at radius 1 is 0.842 bits per heavy atom. The third kappa shape index (κ3) is 2.80. The van der Waals surface area contributed by atoms with Gasteiger partial charge in [0.05, 0.1) is 11.1 Å². The van der Waals surface area contributed by atoms with Crippen molar-refractivity contribution in [2.45, 2.75) is 6.42 Å². The molecule has 0 saturated heterocycles. The predicted octanol–water partition coefficient (Wildman–Crippen LogP) is 2.67. The Labute approximate surface area is 109 Å². The molecule has 0 aliphatic heterocycles. The lowest BCUT2D eigenvalue weighted by molar-refractivity contribution is 0.0650. The fraction of sp³-hybridized carbons (Fsp3) is 0.0667. The van der Waals surface area contributed by atoms with Gasteiger partial charge < -0.3 is 10.2 Å². The Hall–Kier alpha value is -2.62. The zero-order chi connectivity index (χ0) is 13.8. The minimum atomic E-state index is -1.23. The molecule has 0 amide bonds. The van der Waals surface area contributed by atoms with Crippen LogP contribution in [-0.2, 0) is 6.42 Å². The van der Waals surface area contributed by atoms with Crippen molar-refractivity contribution in [1.29, 1.82) is 0 Å². The third-order valence-corrected chi connectivity index (χ3v) is 2.83. The number of carboxylic acid groups (broad SMARTS) is 2. The van der Waals surface area contributed by atoms with E-state index in [4.69, 9.17) is 5.11 Å². The van der Waals surface area contributed by atoms with Gasteiger partial charge in [0.25, 0.3) is 0 Å². The summed E-state index contributed by atoms with van der Waals surface area (Å²) in [4.78, 5) is 22.3. The minimum Gasteiger partial charge on any atom is -0.478 e. The second-order valence-corrected chi connectivity index (χ2v) is 4.11. The fourth-order valence-corrected chi connectivity index (χ4v) is 1.99. The second-order valence-electron chi connectivity index (χ2n) is 4.11. The Morgan fingerprint density at radius 3 is 2.11 bits per heavy atom. The van der Waals surface area contributed by atoms with Crippen LogP contribution in [0.5, 0.6) is 0 Å². The molecule has 0 bridgehead atoms. The Balaban J connectivity index is 2.48. The van der Waals surface area contributed by atoms with E-state index >= 15 is 0 Å². The molecule has 0 aromatic heterocycles. The molecular weight excluding hydrogens is 244 g/mol. The molecule has 0 spiro atoms. The Kier molecular flexibility index (Phi) is 3.61. The van der Waals surface area contributed by atoms with Crippen LogP contribution in [-0.4, -0.2) is 22.2 Å². The van der Waals surface area contributed by atoms with E-state index < -0.39 is 11.9 Å². The van der Waals surface area contributed by atoms with E-state index in [9.17, 15) is 14.7 Å². The van der Waals surface area contributed by atoms with Gasteiger partial charge in [0.1, 0.15) is 0 Å². The molecule has 2 rings (SSSR count). The van der Waals surface area contributed by atoms with Crippen LogP contribution in [0, 0.1) is 0 Å². The van der Waals surface area contributed by atoms with Gasteiger partial charge in [-0.25, -0.2) is 9.59 Å². The molecule has 4 heteroatoms. The predicted molar refractivity (Wildman–Crippen MR) is 69.6 cm³/mol. The molecule has 0 aliphatic rings. The summed E-state index contributed by atoms with van der Waals surface area (Å²) in [6.45, 7) is 0. The molecule has 2 aromatic carbocycles. The maximum atomic E-state index is 11.3. The van der Waals surface area contributed by atoms with Gasteiger partial charge >= 0.3 is 11.9 Å². The number of aromatic carboxylic acids is 2. The van der Waals surface area contributed by atoms with Gasteiger partial charge in [0.2, 0.25) is 0 Å². The van der Waals surface area contributed by atoms with Gasteiger partial charge in [-0.05, 0) is 23.6 Å². The van der Waals surface area contributed by atoms with E-state index in [1.165, 1.54) is 6.07 Å². The molecule has 0 unspecified atom stereocenters. The van der Waals surface area contributed by atoms with Crippen molar-refractivity contribution < 1.29 is 19.8 Å². The van der Waals surface area contributed by atoms with Crippen molar-refractivity contribution in [2.24, 2.45) is 0 Å². The van der Waals surface area contributed by atoms with E-state index in [0.29, 0.717) is 12.0 Å². The normalized spacial score (nSPS) is 10.1. The molecule has 0 heterocycles. The van der Waals surface area contributed by atoms with Crippen LogP contribution >= 0.6 is 0 Å². The molecule has 0 fully saturated rings. The van der Waals surface area contributed by atoms with Crippen LogP contribution < -0.4 is 0 Å². The van der Waals surface area contributed by atoms with Gasteiger partial charge in [0.15, 0.2) is 0 Å². The van der Waals surface area contributed by atoms with Crippen molar-refractivity contribution >= 4 is 11.9 Å². The van der Waals surface area contributed by atoms with Gasteiger partial charge in [-0.2, -0.15) is 0 Å². The smallest absolute Gasteiger partial charge is 0.336 e. The van der Waals surface area contributed by atoms with Crippen molar-refractivity contribution in [3.8, 4) is 0 Å². The summed E-state index contributed by atoms with van der Waals surface area (Å²) in [6.07, 6.45) is 0.392. The largest absolute Gasteiger partial charge is 0.478 e. The summed E-state index contributed by atoms with van der Waals surface area (Å²) in [6, 6.07) is 13.8. The van der Waals surface area contributed by atoms with Gasteiger partial charge in [0, 0.05) is 0 Å². The minimum absolute atomic E-state index is 0.140. The van der Waals surface area contributed by atoms with Crippen molar-refractivity contribution in [3.63, 3.8) is 0 Å². The topological polar surface area (TPSA) is 74.6 Å². The number of hydrogen-bond acceptors (Lipinski definition) is 2. The monoisotopic (exact) mass is 256 g/mol. The van der Waals surface area contributed by atoms with E-state index in [2.05, 4.69) is 0 Å².